The van der Waals surface area contributed by atoms with Crippen LogP contribution in [0.25, 0.3) is 21.3 Å². The second-order valence-corrected chi connectivity index (χ2v) is 8.10. The van der Waals surface area contributed by atoms with Gasteiger partial charge < -0.3 is 10.2 Å². The average molecular weight is 371 g/mol. The Labute approximate surface area is 156 Å². The highest BCUT2D eigenvalue weighted by molar-refractivity contribution is 7.98. The van der Waals surface area contributed by atoms with Crippen LogP contribution in [-0.2, 0) is 0 Å². The summed E-state index contributed by atoms with van der Waals surface area (Å²) in [5.41, 5.74) is 3.49. The van der Waals surface area contributed by atoms with Gasteiger partial charge in [-0.25, -0.2) is 9.97 Å². The summed E-state index contributed by atoms with van der Waals surface area (Å²) in [6.07, 6.45) is 6.14. The molecule has 0 atom stereocenters. The number of hydrogen-bond donors (Lipinski definition) is 1. The minimum absolute atomic E-state index is 0.547. The van der Waals surface area contributed by atoms with Gasteiger partial charge in [-0.3, -0.25) is 0 Å². The molecule has 1 fully saturated rings. The van der Waals surface area contributed by atoms with Crippen LogP contribution >= 0.6 is 23.1 Å². The van der Waals surface area contributed by atoms with E-state index in [0.717, 1.165) is 37.3 Å². The second-order valence-electron chi connectivity index (χ2n) is 6.34. The number of piperidine rings is 1. The fraction of sp³-hybridized carbons (Fsp3) is 0.368. The molecule has 25 heavy (non-hydrogen) atoms. The Hall–Kier alpha value is -1.63. The predicted octanol–water partition coefficient (Wildman–Crippen LogP) is 4.27. The standard InChI is InChI=1S/C19H22N4S2/c1-23(14-7-9-20-10-8-14)19-18-17(21-12-22-19)16(11-25-18)13-3-5-15(24-2)6-4-13/h3-6,11-12,14,20H,7-10H2,1-2H3. The van der Waals surface area contributed by atoms with Gasteiger partial charge in [0.15, 0.2) is 0 Å². The van der Waals surface area contributed by atoms with Crippen LogP contribution in [0, 0.1) is 0 Å². The van der Waals surface area contributed by atoms with Gasteiger partial charge in [-0.05, 0) is 49.9 Å². The van der Waals surface area contributed by atoms with E-state index >= 15 is 0 Å². The fourth-order valence-electron chi connectivity index (χ4n) is 3.43. The lowest BCUT2D eigenvalue weighted by molar-refractivity contribution is 0.442. The van der Waals surface area contributed by atoms with E-state index in [0.29, 0.717) is 6.04 Å². The van der Waals surface area contributed by atoms with Gasteiger partial charge in [0.05, 0.1) is 10.2 Å². The number of aromatic nitrogens is 2. The van der Waals surface area contributed by atoms with E-state index < -0.39 is 0 Å². The van der Waals surface area contributed by atoms with E-state index in [1.807, 2.05) is 0 Å². The lowest BCUT2D eigenvalue weighted by Crippen LogP contribution is -2.41. The molecule has 1 saturated heterocycles. The summed E-state index contributed by atoms with van der Waals surface area (Å²) in [6, 6.07) is 9.27. The lowest BCUT2D eigenvalue weighted by Gasteiger charge is -2.32. The molecule has 1 aliphatic heterocycles. The van der Waals surface area contributed by atoms with Crippen molar-refractivity contribution in [1.29, 1.82) is 0 Å². The van der Waals surface area contributed by atoms with Crippen LogP contribution in [0.15, 0.2) is 40.9 Å². The van der Waals surface area contributed by atoms with Crippen molar-refractivity contribution in [3.63, 3.8) is 0 Å². The van der Waals surface area contributed by atoms with E-state index in [4.69, 9.17) is 0 Å². The molecule has 0 aliphatic carbocycles. The molecule has 0 amide bonds. The molecule has 1 aromatic carbocycles. The minimum Gasteiger partial charge on any atom is -0.355 e. The van der Waals surface area contributed by atoms with Crippen LogP contribution in [0.2, 0.25) is 0 Å². The van der Waals surface area contributed by atoms with Crippen molar-refractivity contribution in [3.8, 4) is 11.1 Å². The topological polar surface area (TPSA) is 41.0 Å². The molecular weight excluding hydrogens is 348 g/mol. The summed E-state index contributed by atoms with van der Waals surface area (Å²) in [5.74, 6) is 1.06. The molecule has 1 aliphatic rings. The van der Waals surface area contributed by atoms with Crippen LogP contribution in [0.1, 0.15) is 12.8 Å². The smallest absolute Gasteiger partial charge is 0.150 e. The summed E-state index contributed by atoms with van der Waals surface area (Å²) in [4.78, 5) is 12.9. The van der Waals surface area contributed by atoms with Crippen LogP contribution in [0.3, 0.4) is 0 Å². The van der Waals surface area contributed by atoms with Gasteiger partial charge in [-0.2, -0.15) is 0 Å². The first-order valence-electron chi connectivity index (χ1n) is 8.58. The molecule has 0 bridgehead atoms. The largest absolute Gasteiger partial charge is 0.355 e. The van der Waals surface area contributed by atoms with E-state index in [2.05, 4.69) is 63.1 Å². The molecular formula is C19H22N4S2. The third-order valence-electron chi connectivity index (χ3n) is 4.93. The highest BCUT2D eigenvalue weighted by Crippen LogP contribution is 2.37. The number of rotatable bonds is 4. The van der Waals surface area contributed by atoms with Crippen molar-refractivity contribution in [2.24, 2.45) is 0 Å². The third-order valence-corrected chi connectivity index (χ3v) is 6.64. The number of anilines is 1. The maximum atomic E-state index is 4.62. The fourth-order valence-corrected chi connectivity index (χ4v) is 4.90. The third kappa shape index (κ3) is 3.26. The normalized spacial score (nSPS) is 15.6. The highest BCUT2D eigenvalue weighted by Gasteiger charge is 2.22. The zero-order valence-corrected chi connectivity index (χ0v) is 16.2. The van der Waals surface area contributed by atoms with Crippen molar-refractivity contribution in [1.82, 2.24) is 15.3 Å². The molecule has 4 nitrogen and oxygen atoms in total. The Morgan fingerprint density at radius 3 is 2.64 bits per heavy atom. The number of benzene rings is 1. The first kappa shape index (κ1) is 16.8. The van der Waals surface area contributed by atoms with Crippen molar-refractivity contribution in [2.75, 3.05) is 31.3 Å². The summed E-state index contributed by atoms with van der Waals surface area (Å²) >= 11 is 3.52. The molecule has 130 valence electrons. The number of thioether (sulfide) groups is 1. The SMILES string of the molecule is CSc1ccc(-c2csc3c(N(C)C4CCNCC4)ncnc23)cc1. The quantitative estimate of drug-likeness (QED) is 0.695. The molecule has 0 radical (unpaired) electrons. The van der Waals surface area contributed by atoms with E-state index in [1.165, 1.54) is 20.7 Å². The average Bonchev–Trinajstić information content (AvgIpc) is 3.12. The highest BCUT2D eigenvalue weighted by atomic mass is 32.2. The van der Waals surface area contributed by atoms with Gasteiger partial charge in [0, 0.05) is 28.9 Å². The Morgan fingerprint density at radius 2 is 1.92 bits per heavy atom. The van der Waals surface area contributed by atoms with Gasteiger partial charge in [0.1, 0.15) is 12.1 Å². The molecule has 4 rings (SSSR count). The van der Waals surface area contributed by atoms with Crippen molar-refractivity contribution in [3.05, 3.63) is 36.0 Å². The monoisotopic (exact) mass is 370 g/mol. The van der Waals surface area contributed by atoms with Crippen molar-refractivity contribution >= 4 is 39.1 Å². The van der Waals surface area contributed by atoms with Gasteiger partial charge in [-0.1, -0.05) is 12.1 Å². The van der Waals surface area contributed by atoms with Gasteiger partial charge in [0.25, 0.3) is 0 Å². The van der Waals surface area contributed by atoms with Gasteiger partial charge in [-0.15, -0.1) is 23.1 Å². The maximum absolute atomic E-state index is 4.62. The molecule has 2 aromatic heterocycles. The number of fused-ring (bicyclic) bond motifs is 1. The zero-order chi connectivity index (χ0) is 17.2. The van der Waals surface area contributed by atoms with E-state index in [-0.39, 0.29) is 0 Å². The van der Waals surface area contributed by atoms with E-state index in [9.17, 15) is 0 Å². The Balaban J connectivity index is 1.72. The molecule has 3 aromatic rings. The molecule has 0 spiro atoms. The van der Waals surface area contributed by atoms with Crippen LogP contribution in [-0.4, -0.2) is 42.4 Å². The number of thiophene rings is 1. The number of nitrogens with one attached hydrogen (secondary N) is 1. The van der Waals surface area contributed by atoms with Gasteiger partial charge >= 0.3 is 0 Å². The Morgan fingerprint density at radius 1 is 1.16 bits per heavy atom. The van der Waals surface area contributed by atoms with E-state index in [1.54, 1.807) is 29.4 Å². The number of hydrogen-bond acceptors (Lipinski definition) is 6. The lowest BCUT2D eigenvalue weighted by atomic mass is 10.1. The maximum Gasteiger partial charge on any atom is 0.150 e. The minimum atomic E-state index is 0.547. The summed E-state index contributed by atoms with van der Waals surface area (Å²) < 4.78 is 1.19. The molecule has 6 heteroatoms. The molecule has 1 N–H and O–H groups in total. The van der Waals surface area contributed by atoms with Crippen molar-refractivity contribution < 1.29 is 0 Å². The van der Waals surface area contributed by atoms with Crippen LogP contribution in [0.5, 0.6) is 0 Å². The van der Waals surface area contributed by atoms with Gasteiger partial charge in [0.2, 0.25) is 0 Å². The molecule has 3 heterocycles. The second kappa shape index (κ2) is 7.32. The summed E-state index contributed by atoms with van der Waals surface area (Å²) in [5, 5.41) is 5.65. The first-order valence-corrected chi connectivity index (χ1v) is 10.7. The summed E-state index contributed by atoms with van der Waals surface area (Å²) in [7, 11) is 2.17. The van der Waals surface area contributed by atoms with Crippen LogP contribution in [0.4, 0.5) is 5.82 Å². The Bertz CT molecular complexity index is 853. The molecule has 0 unspecified atom stereocenters. The molecule has 0 saturated carbocycles. The van der Waals surface area contributed by atoms with Crippen molar-refractivity contribution in [2.45, 2.75) is 23.8 Å². The Kier molecular flexibility index (Phi) is 4.92. The zero-order valence-electron chi connectivity index (χ0n) is 14.5. The number of nitrogens with zero attached hydrogens (tertiary/aromatic N) is 3. The summed E-state index contributed by atoms with van der Waals surface area (Å²) in [6.45, 7) is 2.17. The van der Waals surface area contributed by atoms with Crippen LogP contribution < -0.4 is 10.2 Å². The first-order chi connectivity index (χ1) is 12.3. The predicted molar refractivity (Wildman–Crippen MR) is 109 cm³/mol.